The maximum Gasteiger partial charge on any atom is 0.328 e. The van der Waals surface area contributed by atoms with Crippen LogP contribution in [-0.2, 0) is 9.59 Å². The Bertz CT molecular complexity index is 515. The van der Waals surface area contributed by atoms with Crippen LogP contribution in [0.25, 0.3) is 0 Å². The Hall–Kier alpha value is -1.26. The average Bonchev–Trinajstić information content (AvgIpc) is 2.31. The number of carbonyl (C=O) groups excluding carboxylic acids is 1. The standard InChI is InChI=1S/C13H15Cl2NO3/c1-7(8-4-5-9(14)10(15)6-8)11(17)16-13(2,3)12(18)19/h4-7H,1-3H3,(H,16,17)(H,18,19). The lowest BCUT2D eigenvalue weighted by atomic mass is 9.98. The number of benzene rings is 1. The van der Waals surface area contributed by atoms with E-state index in [1.165, 1.54) is 13.8 Å². The van der Waals surface area contributed by atoms with Crippen LogP contribution in [0.1, 0.15) is 32.3 Å². The second-order valence-corrected chi connectivity index (χ2v) is 5.63. The van der Waals surface area contributed by atoms with Crippen molar-refractivity contribution in [1.29, 1.82) is 0 Å². The maximum atomic E-state index is 12.0. The molecule has 1 rings (SSSR count). The second kappa shape index (κ2) is 5.80. The van der Waals surface area contributed by atoms with E-state index in [0.717, 1.165) is 0 Å². The summed E-state index contributed by atoms with van der Waals surface area (Å²) in [5, 5.41) is 12.2. The van der Waals surface area contributed by atoms with Gasteiger partial charge in [0.05, 0.1) is 16.0 Å². The highest BCUT2D eigenvalue weighted by molar-refractivity contribution is 6.42. The third-order valence-electron chi connectivity index (χ3n) is 2.81. The Morgan fingerprint density at radius 3 is 2.32 bits per heavy atom. The molecule has 0 aliphatic heterocycles. The smallest absolute Gasteiger partial charge is 0.328 e. The molecular weight excluding hydrogens is 289 g/mol. The van der Waals surface area contributed by atoms with Crippen LogP contribution >= 0.6 is 23.2 Å². The molecule has 1 atom stereocenters. The molecule has 0 saturated carbocycles. The molecule has 0 aromatic heterocycles. The summed E-state index contributed by atoms with van der Waals surface area (Å²) in [6, 6.07) is 4.89. The van der Waals surface area contributed by atoms with Crippen LogP contribution in [0.5, 0.6) is 0 Å². The Kier molecular flexibility index (Phi) is 4.82. The Morgan fingerprint density at radius 1 is 1.26 bits per heavy atom. The topological polar surface area (TPSA) is 66.4 Å². The number of hydrogen-bond donors (Lipinski definition) is 2. The highest BCUT2D eigenvalue weighted by Crippen LogP contribution is 2.26. The Labute approximate surface area is 121 Å². The first kappa shape index (κ1) is 15.8. The van der Waals surface area contributed by atoms with Gasteiger partial charge in [0.15, 0.2) is 0 Å². The van der Waals surface area contributed by atoms with Crippen LogP contribution in [-0.4, -0.2) is 22.5 Å². The largest absolute Gasteiger partial charge is 0.480 e. The number of carboxylic acids is 1. The molecule has 6 heteroatoms. The number of nitrogens with one attached hydrogen (secondary N) is 1. The third kappa shape index (κ3) is 3.85. The van der Waals surface area contributed by atoms with Crippen LogP contribution in [0.4, 0.5) is 0 Å². The summed E-state index contributed by atoms with van der Waals surface area (Å²) >= 11 is 11.7. The van der Waals surface area contributed by atoms with Crippen LogP contribution < -0.4 is 5.32 Å². The minimum atomic E-state index is -1.32. The lowest BCUT2D eigenvalue weighted by Gasteiger charge is -2.23. The molecule has 0 heterocycles. The van der Waals surface area contributed by atoms with Gasteiger partial charge in [-0.1, -0.05) is 29.3 Å². The summed E-state index contributed by atoms with van der Waals surface area (Å²) < 4.78 is 0. The molecule has 19 heavy (non-hydrogen) atoms. The second-order valence-electron chi connectivity index (χ2n) is 4.81. The molecule has 0 aliphatic carbocycles. The van der Waals surface area contributed by atoms with Crippen molar-refractivity contribution in [2.45, 2.75) is 32.2 Å². The van der Waals surface area contributed by atoms with Crippen LogP contribution in [0.15, 0.2) is 18.2 Å². The fraction of sp³-hybridized carbons (Fsp3) is 0.385. The van der Waals surface area contributed by atoms with Crippen molar-refractivity contribution in [3.63, 3.8) is 0 Å². The predicted molar refractivity (Wildman–Crippen MR) is 74.7 cm³/mol. The molecule has 0 bridgehead atoms. The molecule has 104 valence electrons. The van der Waals surface area contributed by atoms with Gasteiger partial charge in [-0.3, -0.25) is 4.79 Å². The average molecular weight is 304 g/mol. The SMILES string of the molecule is CC(C(=O)NC(C)(C)C(=O)O)c1ccc(Cl)c(Cl)c1. The highest BCUT2D eigenvalue weighted by atomic mass is 35.5. The van der Waals surface area contributed by atoms with Gasteiger partial charge in [-0.15, -0.1) is 0 Å². The van der Waals surface area contributed by atoms with Gasteiger partial charge in [-0.2, -0.15) is 0 Å². The van der Waals surface area contributed by atoms with Gasteiger partial charge in [0.1, 0.15) is 5.54 Å². The molecule has 0 radical (unpaired) electrons. The van der Waals surface area contributed by atoms with E-state index in [0.29, 0.717) is 15.6 Å². The number of amides is 1. The lowest BCUT2D eigenvalue weighted by molar-refractivity contribution is -0.146. The molecule has 0 saturated heterocycles. The first-order valence-electron chi connectivity index (χ1n) is 5.65. The van der Waals surface area contributed by atoms with E-state index in [2.05, 4.69) is 5.32 Å². The molecule has 0 fully saturated rings. The lowest BCUT2D eigenvalue weighted by Crippen LogP contribution is -2.50. The number of rotatable bonds is 4. The zero-order valence-corrected chi connectivity index (χ0v) is 12.3. The quantitative estimate of drug-likeness (QED) is 0.898. The summed E-state index contributed by atoms with van der Waals surface area (Å²) in [4.78, 5) is 23.0. The summed E-state index contributed by atoms with van der Waals surface area (Å²) in [6.45, 7) is 4.52. The van der Waals surface area contributed by atoms with Crippen molar-refractivity contribution in [1.82, 2.24) is 5.32 Å². The van der Waals surface area contributed by atoms with Gasteiger partial charge in [0.2, 0.25) is 5.91 Å². The molecule has 0 spiro atoms. The van der Waals surface area contributed by atoms with Gasteiger partial charge in [0.25, 0.3) is 0 Å². The normalized spacial score (nSPS) is 12.9. The third-order valence-corrected chi connectivity index (χ3v) is 3.55. The molecule has 1 amide bonds. The van der Waals surface area contributed by atoms with Crippen molar-refractivity contribution in [2.75, 3.05) is 0 Å². The summed E-state index contributed by atoms with van der Waals surface area (Å²) in [6.07, 6.45) is 0. The summed E-state index contributed by atoms with van der Waals surface area (Å²) in [5.74, 6) is -2.00. The van der Waals surface area contributed by atoms with E-state index in [9.17, 15) is 9.59 Å². The Balaban J connectivity index is 2.88. The van der Waals surface area contributed by atoms with E-state index in [4.69, 9.17) is 28.3 Å². The summed E-state index contributed by atoms with van der Waals surface area (Å²) in [5.41, 5.74) is -0.644. The molecule has 2 N–H and O–H groups in total. The van der Waals surface area contributed by atoms with Crippen LogP contribution in [0, 0.1) is 0 Å². The number of carbonyl (C=O) groups is 2. The van der Waals surface area contributed by atoms with Crippen molar-refractivity contribution in [3.8, 4) is 0 Å². The van der Waals surface area contributed by atoms with Crippen molar-refractivity contribution in [2.24, 2.45) is 0 Å². The van der Waals surface area contributed by atoms with E-state index in [-0.39, 0.29) is 5.91 Å². The first-order valence-corrected chi connectivity index (χ1v) is 6.41. The zero-order chi connectivity index (χ0) is 14.8. The zero-order valence-electron chi connectivity index (χ0n) is 10.8. The number of halogens is 2. The fourth-order valence-corrected chi connectivity index (χ4v) is 1.71. The number of aliphatic carboxylic acids is 1. The molecule has 1 aromatic carbocycles. The van der Waals surface area contributed by atoms with E-state index in [1.54, 1.807) is 25.1 Å². The van der Waals surface area contributed by atoms with Gasteiger partial charge < -0.3 is 10.4 Å². The maximum absolute atomic E-state index is 12.0. The monoisotopic (exact) mass is 303 g/mol. The molecule has 0 aliphatic rings. The van der Waals surface area contributed by atoms with Crippen molar-refractivity contribution in [3.05, 3.63) is 33.8 Å². The minimum Gasteiger partial charge on any atom is -0.480 e. The predicted octanol–water partition coefficient (Wildman–Crippen LogP) is 3.08. The minimum absolute atomic E-state index is 0.358. The first-order chi connectivity index (χ1) is 8.65. The number of hydrogen-bond acceptors (Lipinski definition) is 2. The van der Waals surface area contributed by atoms with Crippen molar-refractivity contribution < 1.29 is 14.7 Å². The molecule has 4 nitrogen and oxygen atoms in total. The molecule has 1 aromatic rings. The van der Waals surface area contributed by atoms with Crippen LogP contribution in [0.3, 0.4) is 0 Å². The van der Waals surface area contributed by atoms with Gasteiger partial charge in [-0.05, 0) is 38.5 Å². The van der Waals surface area contributed by atoms with Gasteiger partial charge >= 0.3 is 5.97 Å². The van der Waals surface area contributed by atoms with E-state index < -0.39 is 17.4 Å². The van der Waals surface area contributed by atoms with Crippen molar-refractivity contribution >= 4 is 35.1 Å². The fourth-order valence-electron chi connectivity index (χ4n) is 1.40. The summed E-state index contributed by atoms with van der Waals surface area (Å²) in [7, 11) is 0. The highest BCUT2D eigenvalue weighted by Gasteiger charge is 2.31. The molecule has 1 unspecified atom stereocenters. The van der Waals surface area contributed by atoms with Crippen LogP contribution in [0.2, 0.25) is 10.0 Å². The Morgan fingerprint density at radius 2 is 1.84 bits per heavy atom. The van der Waals surface area contributed by atoms with Gasteiger partial charge in [-0.25, -0.2) is 4.79 Å². The molecular formula is C13H15Cl2NO3. The van der Waals surface area contributed by atoms with E-state index in [1.807, 2.05) is 0 Å². The van der Waals surface area contributed by atoms with Gasteiger partial charge in [0, 0.05) is 0 Å². The number of carboxylic acid groups (broad SMARTS) is 1. The van der Waals surface area contributed by atoms with E-state index >= 15 is 0 Å².